The van der Waals surface area contributed by atoms with Crippen LogP contribution in [0.2, 0.25) is 0 Å². The Morgan fingerprint density at radius 1 is 1.75 bits per heavy atom. The van der Waals surface area contributed by atoms with Crippen LogP contribution in [0.4, 0.5) is 0 Å². The van der Waals surface area contributed by atoms with Gasteiger partial charge in [0.2, 0.25) is 5.88 Å². The highest BCUT2D eigenvalue weighted by Crippen LogP contribution is 2.15. The van der Waals surface area contributed by atoms with Crippen molar-refractivity contribution in [2.45, 2.75) is 0 Å². The number of hydrogen-bond donors (Lipinski definition) is 0. The molecule has 0 aliphatic carbocycles. The van der Waals surface area contributed by atoms with Crippen LogP contribution in [0.5, 0.6) is 5.88 Å². The van der Waals surface area contributed by atoms with Crippen LogP contribution in [0.15, 0.2) is 12.3 Å². The van der Waals surface area contributed by atoms with Crippen molar-refractivity contribution < 1.29 is 9.53 Å². The number of aromatic nitrogens is 1. The van der Waals surface area contributed by atoms with E-state index in [0.717, 1.165) is 0 Å². The zero-order chi connectivity index (χ0) is 8.97. The lowest BCUT2D eigenvalue weighted by atomic mass is 10.1. The summed E-state index contributed by atoms with van der Waals surface area (Å²) in [5, 5.41) is 0. The largest absolute Gasteiger partial charge is 0.480 e. The fraction of sp³-hybridized carbons (Fsp3) is 0.111. The third-order valence-electron chi connectivity index (χ3n) is 1.42. The second-order valence-electron chi connectivity index (χ2n) is 2.04. The predicted molar refractivity (Wildman–Crippen MR) is 44.1 cm³/mol. The molecule has 0 aliphatic heterocycles. The number of aldehydes is 1. The molecule has 0 N–H and O–H groups in total. The normalized spacial score (nSPS) is 8.67. The first-order valence-electron chi connectivity index (χ1n) is 3.28. The number of hydrogen-bond acceptors (Lipinski definition) is 3. The Kier molecular flexibility index (Phi) is 2.44. The molecule has 1 rings (SSSR count). The molecule has 3 heteroatoms. The number of terminal acetylenes is 1. The summed E-state index contributed by atoms with van der Waals surface area (Å²) in [6.45, 7) is 0. The maximum Gasteiger partial charge on any atom is 0.225 e. The van der Waals surface area contributed by atoms with Crippen molar-refractivity contribution in [2.75, 3.05) is 7.11 Å². The highest BCUT2D eigenvalue weighted by Gasteiger charge is 2.06. The molecule has 0 atom stereocenters. The SMILES string of the molecule is C#Cc1ccnc(OC)c1C=O. The minimum Gasteiger partial charge on any atom is -0.480 e. The van der Waals surface area contributed by atoms with E-state index in [1.54, 1.807) is 6.07 Å². The molecular formula is C9H7NO2. The van der Waals surface area contributed by atoms with Gasteiger partial charge in [-0.2, -0.15) is 0 Å². The third-order valence-corrected chi connectivity index (χ3v) is 1.42. The van der Waals surface area contributed by atoms with Gasteiger partial charge in [-0.25, -0.2) is 4.98 Å². The summed E-state index contributed by atoms with van der Waals surface area (Å²) in [5.41, 5.74) is 0.819. The average Bonchev–Trinajstić information content (AvgIpc) is 2.16. The summed E-state index contributed by atoms with van der Waals surface area (Å²) in [6, 6.07) is 1.59. The van der Waals surface area contributed by atoms with Gasteiger partial charge in [0, 0.05) is 11.8 Å². The molecule has 0 radical (unpaired) electrons. The minimum atomic E-state index is 0.264. The van der Waals surface area contributed by atoms with E-state index in [0.29, 0.717) is 17.4 Å². The van der Waals surface area contributed by atoms with Crippen molar-refractivity contribution >= 4 is 6.29 Å². The molecule has 0 bridgehead atoms. The van der Waals surface area contributed by atoms with E-state index in [2.05, 4.69) is 10.9 Å². The summed E-state index contributed by atoms with van der Waals surface area (Å²) in [5.74, 6) is 2.63. The zero-order valence-electron chi connectivity index (χ0n) is 6.57. The fourth-order valence-corrected chi connectivity index (χ4v) is 0.856. The molecule has 3 nitrogen and oxygen atoms in total. The van der Waals surface area contributed by atoms with E-state index in [1.165, 1.54) is 13.3 Å². The average molecular weight is 161 g/mol. The number of carbonyl (C=O) groups is 1. The van der Waals surface area contributed by atoms with E-state index in [-0.39, 0.29) is 5.88 Å². The Morgan fingerprint density at radius 3 is 3.00 bits per heavy atom. The fourth-order valence-electron chi connectivity index (χ4n) is 0.856. The summed E-state index contributed by atoms with van der Waals surface area (Å²) >= 11 is 0. The topological polar surface area (TPSA) is 39.2 Å². The Bertz CT molecular complexity index is 339. The number of ether oxygens (including phenoxy) is 1. The Balaban J connectivity index is 3.34. The number of pyridine rings is 1. The van der Waals surface area contributed by atoms with Gasteiger partial charge in [-0.1, -0.05) is 5.92 Å². The molecule has 0 aromatic carbocycles. The Morgan fingerprint density at radius 2 is 2.50 bits per heavy atom. The molecule has 12 heavy (non-hydrogen) atoms. The lowest BCUT2D eigenvalue weighted by molar-refractivity contribution is 0.111. The first-order chi connectivity index (χ1) is 5.83. The molecule has 0 spiro atoms. The molecule has 1 aromatic heterocycles. The molecule has 60 valence electrons. The number of rotatable bonds is 2. The molecule has 0 saturated heterocycles. The lowest BCUT2D eigenvalue weighted by Gasteiger charge is -2.02. The number of nitrogens with zero attached hydrogens (tertiary/aromatic N) is 1. The highest BCUT2D eigenvalue weighted by molar-refractivity contribution is 5.82. The van der Waals surface area contributed by atoms with Crippen molar-refractivity contribution in [2.24, 2.45) is 0 Å². The van der Waals surface area contributed by atoms with Gasteiger partial charge < -0.3 is 4.74 Å². The van der Waals surface area contributed by atoms with Crippen molar-refractivity contribution in [3.05, 3.63) is 23.4 Å². The first kappa shape index (κ1) is 8.28. The predicted octanol–water partition coefficient (Wildman–Crippen LogP) is 0.884. The van der Waals surface area contributed by atoms with E-state index < -0.39 is 0 Å². The van der Waals surface area contributed by atoms with Crippen molar-refractivity contribution in [3.63, 3.8) is 0 Å². The van der Waals surface area contributed by atoms with Crippen LogP contribution in [-0.4, -0.2) is 18.4 Å². The summed E-state index contributed by atoms with van der Waals surface area (Å²) in [4.78, 5) is 14.4. The quantitative estimate of drug-likeness (QED) is 0.477. The molecule has 0 saturated carbocycles. The van der Waals surface area contributed by atoms with Gasteiger partial charge in [-0.3, -0.25) is 4.79 Å². The zero-order valence-corrected chi connectivity index (χ0v) is 6.57. The standard InChI is InChI=1S/C9H7NO2/c1-3-7-4-5-10-9(12-2)8(7)6-11/h1,4-6H,2H3. The van der Waals surface area contributed by atoms with E-state index >= 15 is 0 Å². The summed E-state index contributed by atoms with van der Waals surface area (Å²) in [7, 11) is 1.44. The Labute approximate surface area is 70.4 Å². The van der Waals surface area contributed by atoms with Gasteiger partial charge in [0.1, 0.15) is 0 Å². The van der Waals surface area contributed by atoms with Crippen LogP contribution < -0.4 is 4.74 Å². The van der Waals surface area contributed by atoms with E-state index in [4.69, 9.17) is 11.2 Å². The second kappa shape index (κ2) is 3.54. The number of carbonyl (C=O) groups excluding carboxylic acids is 1. The van der Waals surface area contributed by atoms with Crippen LogP contribution in [-0.2, 0) is 0 Å². The van der Waals surface area contributed by atoms with Crippen LogP contribution in [0.25, 0.3) is 0 Å². The summed E-state index contributed by atoms with van der Waals surface area (Å²) < 4.78 is 4.84. The van der Waals surface area contributed by atoms with Crippen LogP contribution in [0.3, 0.4) is 0 Å². The minimum absolute atomic E-state index is 0.264. The maximum absolute atomic E-state index is 10.6. The van der Waals surface area contributed by atoms with E-state index in [1.807, 2.05) is 0 Å². The monoisotopic (exact) mass is 161 g/mol. The van der Waals surface area contributed by atoms with Crippen molar-refractivity contribution in [3.8, 4) is 18.2 Å². The third kappa shape index (κ3) is 1.28. The maximum atomic E-state index is 10.6. The van der Waals surface area contributed by atoms with Gasteiger partial charge in [0.25, 0.3) is 0 Å². The van der Waals surface area contributed by atoms with Crippen LogP contribution in [0, 0.1) is 12.3 Å². The molecule has 0 fully saturated rings. The Hall–Kier alpha value is -1.82. The molecule has 0 aliphatic rings. The van der Waals surface area contributed by atoms with E-state index in [9.17, 15) is 4.79 Å². The van der Waals surface area contributed by atoms with Gasteiger partial charge >= 0.3 is 0 Å². The number of methoxy groups -OCH3 is 1. The van der Waals surface area contributed by atoms with Crippen molar-refractivity contribution in [1.29, 1.82) is 0 Å². The molecule has 1 heterocycles. The van der Waals surface area contributed by atoms with Crippen LogP contribution in [0.1, 0.15) is 15.9 Å². The molecular weight excluding hydrogens is 154 g/mol. The highest BCUT2D eigenvalue weighted by atomic mass is 16.5. The molecule has 0 amide bonds. The van der Waals surface area contributed by atoms with Gasteiger partial charge in [0.15, 0.2) is 6.29 Å². The van der Waals surface area contributed by atoms with Crippen molar-refractivity contribution in [1.82, 2.24) is 4.98 Å². The van der Waals surface area contributed by atoms with Gasteiger partial charge in [-0.05, 0) is 6.07 Å². The second-order valence-corrected chi connectivity index (χ2v) is 2.04. The lowest BCUT2D eigenvalue weighted by Crippen LogP contribution is -1.96. The molecule has 0 unspecified atom stereocenters. The molecule has 1 aromatic rings. The van der Waals surface area contributed by atoms with Gasteiger partial charge in [0.05, 0.1) is 12.7 Å². The van der Waals surface area contributed by atoms with Crippen LogP contribution >= 0.6 is 0 Å². The first-order valence-corrected chi connectivity index (χ1v) is 3.28. The van der Waals surface area contributed by atoms with Gasteiger partial charge in [-0.15, -0.1) is 6.42 Å². The summed E-state index contributed by atoms with van der Waals surface area (Å²) in [6.07, 6.45) is 7.30. The smallest absolute Gasteiger partial charge is 0.225 e.